The number of morpholine rings is 1. The molecule has 0 aliphatic carbocycles. The van der Waals surface area contributed by atoms with Gasteiger partial charge in [-0.05, 0) is 23.8 Å². The van der Waals surface area contributed by atoms with Gasteiger partial charge in [0.15, 0.2) is 11.5 Å². The van der Waals surface area contributed by atoms with Crippen LogP contribution in [-0.4, -0.2) is 52.1 Å². The first-order chi connectivity index (χ1) is 12.7. The fraction of sp³-hybridized carbons (Fsp3) is 0.421. The Bertz CT molecular complexity index is 735. The van der Waals surface area contributed by atoms with Gasteiger partial charge in [0, 0.05) is 30.6 Å². The summed E-state index contributed by atoms with van der Waals surface area (Å²) in [4.78, 5) is 6.72. The van der Waals surface area contributed by atoms with Crippen LogP contribution in [-0.2, 0) is 11.2 Å². The molecule has 2 heterocycles. The Morgan fingerprint density at radius 2 is 1.85 bits per heavy atom. The maximum absolute atomic E-state index is 6.23. The van der Waals surface area contributed by atoms with E-state index in [-0.39, 0.29) is 0 Å². The average molecular weight is 379 g/mol. The van der Waals surface area contributed by atoms with Crippen LogP contribution >= 0.6 is 11.6 Å². The first kappa shape index (κ1) is 18.6. The van der Waals surface area contributed by atoms with E-state index in [1.54, 1.807) is 20.3 Å². The molecule has 1 aliphatic heterocycles. The molecular formula is C19H23ClN2O4. The lowest BCUT2D eigenvalue weighted by atomic mass is 10.1. The molecule has 140 valence electrons. The Balaban J connectivity index is 1.62. The van der Waals surface area contributed by atoms with Crippen molar-refractivity contribution in [3.63, 3.8) is 0 Å². The van der Waals surface area contributed by atoms with Crippen molar-refractivity contribution < 1.29 is 18.9 Å². The summed E-state index contributed by atoms with van der Waals surface area (Å²) in [5, 5.41) is 0.614. The predicted molar refractivity (Wildman–Crippen MR) is 101 cm³/mol. The third kappa shape index (κ3) is 4.71. The van der Waals surface area contributed by atoms with Gasteiger partial charge in [-0.25, -0.2) is 0 Å². The van der Waals surface area contributed by atoms with Crippen molar-refractivity contribution in [1.82, 2.24) is 4.98 Å². The second kappa shape index (κ2) is 8.96. The van der Waals surface area contributed by atoms with Crippen molar-refractivity contribution >= 4 is 17.4 Å². The summed E-state index contributed by atoms with van der Waals surface area (Å²) in [6, 6.07) is 9.43. The number of halogens is 1. The lowest BCUT2D eigenvalue weighted by molar-refractivity contribution is 0.122. The van der Waals surface area contributed by atoms with Crippen LogP contribution < -0.4 is 19.1 Å². The molecule has 3 rings (SSSR count). The van der Waals surface area contributed by atoms with Gasteiger partial charge in [0.05, 0.1) is 34.0 Å². The topological polar surface area (TPSA) is 53.1 Å². The van der Waals surface area contributed by atoms with Crippen molar-refractivity contribution in [2.45, 2.75) is 6.42 Å². The fourth-order valence-electron chi connectivity index (χ4n) is 2.80. The molecular weight excluding hydrogens is 356 g/mol. The van der Waals surface area contributed by atoms with Crippen molar-refractivity contribution in [2.75, 3.05) is 52.0 Å². The maximum atomic E-state index is 6.23. The Labute approximate surface area is 158 Å². The van der Waals surface area contributed by atoms with Gasteiger partial charge in [-0.3, -0.25) is 0 Å². The van der Waals surface area contributed by atoms with E-state index in [0.29, 0.717) is 42.2 Å². The van der Waals surface area contributed by atoms with Gasteiger partial charge in [-0.2, -0.15) is 4.98 Å². The van der Waals surface area contributed by atoms with Gasteiger partial charge in [0.25, 0.3) is 0 Å². The number of benzene rings is 1. The van der Waals surface area contributed by atoms with Crippen molar-refractivity contribution in [3.8, 4) is 17.4 Å². The molecule has 1 aromatic carbocycles. The first-order valence-electron chi connectivity index (χ1n) is 8.53. The number of hydrogen-bond donors (Lipinski definition) is 0. The third-order valence-electron chi connectivity index (χ3n) is 4.18. The van der Waals surface area contributed by atoms with Gasteiger partial charge in [-0.1, -0.05) is 17.7 Å². The Hall–Kier alpha value is -2.18. The molecule has 0 bridgehead atoms. The zero-order valence-electron chi connectivity index (χ0n) is 15.0. The molecule has 0 saturated carbocycles. The normalized spacial score (nSPS) is 14.2. The predicted octanol–water partition coefficient (Wildman–Crippen LogP) is 3.21. The molecule has 2 aromatic rings. The largest absolute Gasteiger partial charge is 0.493 e. The van der Waals surface area contributed by atoms with E-state index in [2.05, 4.69) is 9.88 Å². The van der Waals surface area contributed by atoms with E-state index < -0.39 is 0 Å². The molecule has 0 radical (unpaired) electrons. The number of pyridine rings is 1. The molecule has 26 heavy (non-hydrogen) atoms. The number of aromatic nitrogens is 1. The highest BCUT2D eigenvalue weighted by molar-refractivity contribution is 6.30. The number of nitrogens with zero attached hydrogens (tertiary/aromatic N) is 2. The summed E-state index contributed by atoms with van der Waals surface area (Å²) < 4.78 is 21.8. The molecule has 7 heteroatoms. The second-order valence-electron chi connectivity index (χ2n) is 5.87. The number of rotatable bonds is 7. The highest BCUT2D eigenvalue weighted by Gasteiger charge is 2.14. The van der Waals surface area contributed by atoms with Crippen LogP contribution in [0.1, 0.15) is 5.56 Å². The summed E-state index contributed by atoms with van der Waals surface area (Å²) in [5.41, 5.74) is 1.10. The van der Waals surface area contributed by atoms with Gasteiger partial charge in [0.1, 0.15) is 5.82 Å². The summed E-state index contributed by atoms with van der Waals surface area (Å²) >= 11 is 6.23. The summed E-state index contributed by atoms with van der Waals surface area (Å²) in [5.74, 6) is 2.77. The fourth-order valence-corrected chi connectivity index (χ4v) is 2.99. The molecule has 0 unspecified atom stereocenters. The average Bonchev–Trinajstić information content (AvgIpc) is 2.68. The molecule has 0 N–H and O–H groups in total. The monoisotopic (exact) mass is 378 g/mol. The minimum atomic E-state index is 0.491. The summed E-state index contributed by atoms with van der Waals surface area (Å²) in [7, 11) is 3.25. The van der Waals surface area contributed by atoms with E-state index in [1.807, 2.05) is 24.3 Å². The summed E-state index contributed by atoms with van der Waals surface area (Å²) in [6.07, 6.45) is 0.724. The van der Waals surface area contributed by atoms with Crippen LogP contribution in [0.2, 0.25) is 5.02 Å². The quantitative estimate of drug-likeness (QED) is 0.737. The molecule has 0 spiro atoms. The van der Waals surface area contributed by atoms with Crippen LogP contribution in [0.25, 0.3) is 0 Å². The van der Waals surface area contributed by atoms with Crippen LogP contribution in [0.15, 0.2) is 30.3 Å². The molecule has 0 atom stereocenters. The molecule has 1 aromatic heterocycles. The van der Waals surface area contributed by atoms with E-state index in [4.69, 9.17) is 30.5 Å². The van der Waals surface area contributed by atoms with E-state index in [0.717, 1.165) is 30.9 Å². The van der Waals surface area contributed by atoms with E-state index in [9.17, 15) is 0 Å². The molecule has 6 nitrogen and oxygen atoms in total. The van der Waals surface area contributed by atoms with Gasteiger partial charge >= 0.3 is 0 Å². The van der Waals surface area contributed by atoms with Gasteiger partial charge in [0.2, 0.25) is 5.88 Å². The molecule has 1 fully saturated rings. The molecule has 0 amide bonds. The van der Waals surface area contributed by atoms with Gasteiger partial charge in [-0.15, -0.1) is 0 Å². The minimum absolute atomic E-state index is 0.491. The number of anilines is 1. The van der Waals surface area contributed by atoms with Crippen molar-refractivity contribution in [1.29, 1.82) is 0 Å². The lowest BCUT2D eigenvalue weighted by Crippen LogP contribution is -2.36. The highest BCUT2D eigenvalue weighted by Crippen LogP contribution is 2.28. The van der Waals surface area contributed by atoms with Crippen LogP contribution in [0.3, 0.4) is 0 Å². The molecule has 1 aliphatic rings. The number of methoxy groups -OCH3 is 2. The smallest absolute Gasteiger partial charge is 0.216 e. The Morgan fingerprint density at radius 3 is 2.58 bits per heavy atom. The van der Waals surface area contributed by atoms with Crippen molar-refractivity contribution in [3.05, 3.63) is 40.9 Å². The molecule has 1 saturated heterocycles. The lowest BCUT2D eigenvalue weighted by Gasteiger charge is -2.28. The third-order valence-corrected chi connectivity index (χ3v) is 4.40. The Morgan fingerprint density at radius 1 is 1.08 bits per heavy atom. The SMILES string of the molecule is COc1ccc(CCOc2cc(Cl)cc(N3CCOCC3)n2)cc1OC. The second-order valence-corrected chi connectivity index (χ2v) is 6.31. The van der Waals surface area contributed by atoms with Gasteiger partial charge < -0.3 is 23.8 Å². The number of ether oxygens (including phenoxy) is 4. The van der Waals surface area contributed by atoms with Crippen LogP contribution in [0, 0.1) is 0 Å². The number of hydrogen-bond acceptors (Lipinski definition) is 6. The minimum Gasteiger partial charge on any atom is -0.493 e. The zero-order valence-corrected chi connectivity index (χ0v) is 15.8. The standard InChI is InChI=1S/C19H23ClN2O4/c1-23-16-4-3-14(11-17(16)24-2)5-8-26-19-13-15(20)12-18(21-19)22-6-9-25-10-7-22/h3-4,11-13H,5-10H2,1-2H3. The van der Waals surface area contributed by atoms with E-state index >= 15 is 0 Å². The first-order valence-corrected chi connectivity index (χ1v) is 8.91. The highest BCUT2D eigenvalue weighted by atomic mass is 35.5. The summed E-state index contributed by atoms with van der Waals surface area (Å²) in [6.45, 7) is 3.50. The zero-order chi connectivity index (χ0) is 18.4. The maximum Gasteiger partial charge on any atom is 0.216 e. The Kier molecular flexibility index (Phi) is 6.41. The van der Waals surface area contributed by atoms with Crippen LogP contribution in [0.4, 0.5) is 5.82 Å². The van der Waals surface area contributed by atoms with E-state index in [1.165, 1.54) is 0 Å². The van der Waals surface area contributed by atoms with Crippen molar-refractivity contribution in [2.24, 2.45) is 0 Å². The van der Waals surface area contributed by atoms with Crippen LogP contribution in [0.5, 0.6) is 17.4 Å².